The van der Waals surface area contributed by atoms with Crippen LogP contribution in [0.25, 0.3) is 0 Å². The van der Waals surface area contributed by atoms with E-state index in [4.69, 9.17) is 16.8 Å². The first-order chi connectivity index (χ1) is 6.70. The number of benzene rings is 1. The summed E-state index contributed by atoms with van der Waals surface area (Å²) < 4.78 is 0. The molecule has 1 rings (SSSR count). The fourth-order valence-electron chi connectivity index (χ4n) is 1.13. The number of terminal acetylenes is 1. The van der Waals surface area contributed by atoms with Gasteiger partial charge in [0.05, 0.1) is 6.07 Å². The number of nitriles is 1. The highest BCUT2D eigenvalue weighted by atomic mass is 16.3. The maximum Gasteiger partial charge on any atom is 0.170 e. The Hall–Kier alpha value is -1.81. The van der Waals surface area contributed by atoms with Crippen molar-refractivity contribution in [3.63, 3.8) is 0 Å². The normalized spacial score (nSPS) is 13.7. The van der Waals surface area contributed by atoms with Gasteiger partial charge in [-0.2, -0.15) is 5.26 Å². The zero-order valence-corrected chi connectivity index (χ0v) is 7.38. The van der Waals surface area contributed by atoms with Crippen molar-refractivity contribution < 1.29 is 10.2 Å². The molecule has 0 heterocycles. The molecule has 2 N–H and O–H groups in total. The smallest absolute Gasteiger partial charge is 0.170 e. The van der Waals surface area contributed by atoms with Crippen molar-refractivity contribution in [3.8, 4) is 18.4 Å². The van der Waals surface area contributed by atoms with Gasteiger partial charge in [0, 0.05) is 5.56 Å². The molecule has 0 bridgehead atoms. The molecule has 0 aromatic heterocycles. The Morgan fingerprint density at radius 2 is 1.93 bits per heavy atom. The Bertz CT molecular complexity index is 400. The van der Waals surface area contributed by atoms with Crippen LogP contribution in [0.1, 0.15) is 17.2 Å². The van der Waals surface area contributed by atoms with Gasteiger partial charge < -0.3 is 10.2 Å². The standard InChI is InChI=1S/C11H9NO2/c1-2-8-5-3-4-6-9(8)11(14)10(13)7-12/h1,3-6,10-11,13-14H. The van der Waals surface area contributed by atoms with Gasteiger partial charge >= 0.3 is 0 Å². The van der Waals surface area contributed by atoms with Crippen molar-refractivity contribution in [3.05, 3.63) is 35.4 Å². The van der Waals surface area contributed by atoms with Gasteiger partial charge in [-0.3, -0.25) is 0 Å². The molecular formula is C11H9NO2. The highest BCUT2D eigenvalue weighted by molar-refractivity contribution is 5.41. The molecule has 0 amide bonds. The second-order valence-electron chi connectivity index (χ2n) is 2.75. The number of nitrogens with zero attached hydrogens (tertiary/aromatic N) is 1. The van der Waals surface area contributed by atoms with Crippen molar-refractivity contribution in [2.45, 2.75) is 12.2 Å². The summed E-state index contributed by atoms with van der Waals surface area (Å²) in [6.07, 6.45) is 2.49. The predicted molar refractivity (Wildman–Crippen MR) is 51.0 cm³/mol. The third-order valence-corrected chi connectivity index (χ3v) is 1.87. The Kier molecular flexibility index (Phi) is 3.25. The van der Waals surface area contributed by atoms with E-state index in [1.165, 1.54) is 0 Å². The van der Waals surface area contributed by atoms with Crippen molar-refractivity contribution in [2.75, 3.05) is 0 Å². The number of hydrogen-bond donors (Lipinski definition) is 2. The molecule has 70 valence electrons. The van der Waals surface area contributed by atoms with Crippen LogP contribution in [0, 0.1) is 23.7 Å². The maximum atomic E-state index is 9.53. The van der Waals surface area contributed by atoms with Gasteiger partial charge in [0.1, 0.15) is 6.10 Å². The van der Waals surface area contributed by atoms with Gasteiger partial charge in [-0.05, 0) is 11.6 Å². The van der Waals surface area contributed by atoms with E-state index in [-0.39, 0.29) is 0 Å². The number of aliphatic hydroxyl groups is 2. The Morgan fingerprint density at radius 3 is 2.50 bits per heavy atom. The van der Waals surface area contributed by atoms with Crippen LogP contribution in [0.2, 0.25) is 0 Å². The summed E-state index contributed by atoms with van der Waals surface area (Å²) in [4.78, 5) is 0. The average Bonchev–Trinajstić information content (AvgIpc) is 2.26. The van der Waals surface area contributed by atoms with E-state index >= 15 is 0 Å². The highest BCUT2D eigenvalue weighted by Crippen LogP contribution is 2.19. The quantitative estimate of drug-likeness (QED) is 0.526. The molecule has 0 aliphatic heterocycles. The van der Waals surface area contributed by atoms with Gasteiger partial charge in [-0.25, -0.2) is 0 Å². The zero-order valence-electron chi connectivity index (χ0n) is 7.38. The van der Waals surface area contributed by atoms with Crippen LogP contribution in [0.5, 0.6) is 0 Å². The van der Waals surface area contributed by atoms with Crippen molar-refractivity contribution in [1.82, 2.24) is 0 Å². The van der Waals surface area contributed by atoms with Gasteiger partial charge in [0.25, 0.3) is 0 Å². The highest BCUT2D eigenvalue weighted by Gasteiger charge is 2.19. The molecule has 0 spiro atoms. The molecule has 2 atom stereocenters. The minimum absolute atomic E-state index is 0.393. The first-order valence-electron chi connectivity index (χ1n) is 4.02. The molecule has 0 aliphatic carbocycles. The molecule has 0 aliphatic rings. The number of rotatable bonds is 2. The second-order valence-corrected chi connectivity index (χ2v) is 2.75. The summed E-state index contributed by atoms with van der Waals surface area (Å²) in [6, 6.07) is 8.19. The molecule has 3 nitrogen and oxygen atoms in total. The first kappa shape index (κ1) is 10.3. The lowest BCUT2D eigenvalue weighted by atomic mass is 10.00. The van der Waals surface area contributed by atoms with E-state index in [9.17, 15) is 5.11 Å². The molecule has 2 unspecified atom stereocenters. The Balaban J connectivity index is 3.08. The van der Waals surface area contributed by atoms with E-state index in [0.29, 0.717) is 11.1 Å². The topological polar surface area (TPSA) is 64.2 Å². The summed E-state index contributed by atoms with van der Waals surface area (Å²) in [5, 5.41) is 27.1. The van der Waals surface area contributed by atoms with Gasteiger partial charge in [-0.1, -0.05) is 24.1 Å². The van der Waals surface area contributed by atoms with Gasteiger partial charge in [0.2, 0.25) is 0 Å². The summed E-state index contributed by atoms with van der Waals surface area (Å²) in [6.45, 7) is 0. The van der Waals surface area contributed by atoms with Crippen LogP contribution >= 0.6 is 0 Å². The molecular weight excluding hydrogens is 178 g/mol. The Labute approximate surface area is 82.2 Å². The van der Waals surface area contributed by atoms with Crippen LogP contribution < -0.4 is 0 Å². The van der Waals surface area contributed by atoms with E-state index in [0.717, 1.165) is 0 Å². The van der Waals surface area contributed by atoms with E-state index in [1.807, 2.05) is 0 Å². The minimum atomic E-state index is -1.45. The predicted octanol–water partition coefficient (Wildman–Crippen LogP) is 0.586. The van der Waals surface area contributed by atoms with Crippen LogP contribution in [0.3, 0.4) is 0 Å². The average molecular weight is 187 g/mol. The molecule has 1 aromatic carbocycles. The molecule has 3 heteroatoms. The monoisotopic (exact) mass is 187 g/mol. The lowest BCUT2D eigenvalue weighted by molar-refractivity contribution is 0.0526. The summed E-state index contributed by atoms with van der Waals surface area (Å²) in [5.74, 6) is 2.37. The van der Waals surface area contributed by atoms with Gasteiger partial charge in [0.15, 0.2) is 6.10 Å². The number of aliphatic hydroxyl groups excluding tert-OH is 2. The van der Waals surface area contributed by atoms with Crippen molar-refractivity contribution in [1.29, 1.82) is 5.26 Å². The van der Waals surface area contributed by atoms with E-state index in [2.05, 4.69) is 5.92 Å². The second kappa shape index (κ2) is 4.43. The van der Waals surface area contributed by atoms with E-state index in [1.54, 1.807) is 30.3 Å². The third-order valence-electron chi connectivity index (χ3n) is 1.87. The molecule has 0 saturated carbocycles. The van der Waals surface area contributed by atoms with Crippen LogP contribution in [0.4, 0.5) is 0 Å². The molecule has 14 heavy (non-hydrogen) atoms. The van der Waals surface area contributed by atoms with Crippen LogP contribution in [-0.4, -0.2) is 16.3 Å². The largest absolute Gasteiger partial charge is 0.385 e. The summed E-state index contributed by atoms with van der Waals surface area (Å²) in [7, 11) is 0. The van der Waals surface area contributed by atoms with E-state index < -0.39 is 12.2 Å². The first-order valence-corrected chi connectivity index (χ1v) is 4.02. The van der Waals surface area contributed by atoms with Gasteiger partial charge in [-0.15, -0.1) is 6.42 Å². The van der Waals surface area contributed by atoms with Crippen molar-refractivity contribution in [2.24, 2.45) is 0 Å². The Morgan fingerprint density at radius 1 is 1.29 bits per heavy atom. The molecule has 0 saturated heterocycles. The summed E-state index contributed by atoms with van der Waals surface area (Å²) >= 11 is 0. The fraction of sp³-hybridized carbons (Fsp3) is 0.182. The lowest BCUT2D eigenvalue weighted by Gasteiger charge is -2.13. The van der Waals surface area contributed by atoms with Crippen LogP contribution in [0.15, 0.2) is 24.3 Å². The molecule has 1 aromatic rings. The van der Waals surface area contributed by atoms with Crippen molar-refractivity contribution >= 4 is 0 Å². The maximum absolute atomic E-state index is 9.53. The minimum Gasteiger partial charge on any atom is -0.385 e. The fourth-order valence-corrected chi connectivity index (χ4v) is 1.13. The number of hydrogen-bond acceptors (Lipinski definition) is 3. The molecule has 0 radical (unpaired) electrons. The molecule has 0 fully saturated rings. The third kappa shape index (κ3) is 1.92. The zero-order chi connectivity index (χ0) is 10.6. The SMILES string of the molecule is C#Cc1ccccc1C(O)C(O)C#N. The van der Waals surface area contributed by atoms with Crippen LogP contribution in [-0.2, 0) is 0 Å². The lowest BCUT2D eigenvalue weighted by Crippen LogP contribution is -2.16. The summed E-state index contributed by atoms with van der Waals surface area (Å²) in [5.41, 5.74) is 0.873.